The highest BCUT2D eigenvalue weighted by Crippen LogP contribution is 2.03. The third-order valence-electron chi connectivity index (χ3n) is 2.49. The molecule has 1 aromatic rings. The minimum Gasteiger partial charge on any atom is -0.354 e. The molecule has 90 valence electrons. The third-order valence-corrected chi connectivity index (χ3v) is 2.49. The van der Waals surface area contributed by atoms with Crippen molar-refractivity contribution < 1.29 is 4.79 Å². The molecule has 1 amide bonds. The minimum atomic E-state index is -0.0531. The van der Waals surface area contributed by atoms with Gasteiger partial charge in [0.1, 0.15) is 0 Å². The van der Waals surface area contributed by atoms with Gasteiger partial charge in [-0.25, -0.2) is 0 Å². The van der Waals surface area contributed by atoms with E-state index in [1.54, 1.807) is 10.9 Å². The largest absolute Gasteiger partial charge is 0.354 e. The number of nitrogens with two attached hydrogens (primary N) is 1. The van der Waals surface area contributed by atoms with Crippen LogP contribution in [0.4, 0.5) is 0 Å². The summed E-state index contributed by atoms with van der Waals surface area (Å²) in [7, 11) is 0. The third kappa shape index (κ3) is 4.02. The van der Waals surface area contributed by atoms with Crippen LogP contribution in [-0.2, 0) is 11.3 Å². The number of nitrogens with one attached hydrogen (secondary N) is 1. The fraction of sp³-hybridized carbons (Fsp3) is 0.636. The van der Waals surface area contributed by atoms with E-state index in [2.05, 4.69) is 17.3 Å². The van der Waals surface area contributed by atoms with Crippen LogP contribution in [0.3, 0.4) is 0 Å². The van der Waals surface area contributed by atoms with Gasteiger partial charge in [0.25, 0.3) is 0 Å². The summed E-state index contributed by atoms with van der Waals surface area (Å²) in [6.45, 7) is 3.77. The van der Waals surface area contributed by atoms with Crippen LogP contribution in [0.25, 0.3) is 0 Å². The van der Waals surface area contributed by atoms with Gasteiger partial charge >= 0.3 is 0 Å². The van der Waals surface area contributed by atoms with Crippen LogP contribution in [0.1, 0.15) is 19.8 Å². The highest BCUT2D eigenvalue weighted by Gasteiger charge is 2.14. The van der Waals surface area contributed by atoms with Gasteiger partial charge in [-0.1, -0.05) is 13.3 Å². The molecule has 0 radical (unpaired) electrons. The Hall–Kier alpha value is -1.36. The zero-order chi connectivity index (χ0) is 11.8. The maximum Gasteiger partial charge on any atom is 0.224 e. The number of amides is 1. The number of carbonyl (C=O) groups excluding carboxylic acids is 1. The van der Waals surface area contributed by atoms with E-state index in [-0.39, 0.29) is 11.8 Å². The van der Waals surface area contributed by atoms with Crippen LogP contribution >= 0.6 is 0 Å². The quantitative estimate of drug-likeness (QED) is 0.703. The number of rotatable bonds is 7. The summed E-state index contributed by atoms with van der Waals surface area (Å²) < 4.78 is 1.79. The van der Waals surface area contributed by atoms with Gasteiger partial charge in [-0.15, -0.1) is 0 Å². The number of hydrogen-bond donors (Lipinski definition) is 2. The van der Waals surface area contributed by atoms with Crippen LogP contribution in [0.2, 0.25) is 0 Å². The Morgan fingerprint density at radius 3 is 3.00 bits per heavy atom. The predicted molar refractivity (Wildman–Crippen MR) is 62.7 cm³/mol. The fourth-order valence-electron chi connectivity index (χ4n) is 1.58. The summed E-state index contributed by atoms with van der Waals surface area (Å²) in [5, 5.41) is 6.93. The van der Waals surface area contributed by atoms with E-state index in [1.165, 1.54) is 0 Å². The van der Waals surface area contributed by atoms with Crippen molar-refractivity contribution in [1.82, 2.24) is 15.1 Å². The van der Waals surface area contributed by atoms with Gasteiger partial charge in [0, 0.05) is 25.5 Å². The van der Waals surface area contributed by atoms with Crippen LogP contribution in [-0.4, -0.2) is 28.8 Å². The average molecular weight is 224 g/mol. The highest BCUT2D eigenvalue weighted by atomic mass is 16.1. The van der Waals surface area contributed by atoms with Gasteiger partial charge in [0.05, 0.1) is 12.5 Å². The second kappa shape index (κ2) is 7.00. The van der Waals surface area contributed by atoms with Crippen LogP contribution in [0.15, 0.2) is 18.5 Å². The van der Waals surface area contributed by atoms with Crippen molar-refractivity contribution in [2.24, 2.45) is 11.7 Å². The summed E-state index contributed by atoms with van der Waals surface area (Å²) in [5.41, 5.74) is 5.55. The molecule has 16 heavy (non-hydrogen) atoms. The smallest absolute Gasteiger partial charge is 0.224 e. The van der Waals surface area contributed by atoms with Crippen LogP contribution < -0.4 is 11.1 Å². The molecule has 0 aromatic carbocycles. The maximum atomic E-state index is 11.7. The number of nitrogens with zero attached hydrogens (tertiary/aromatic N) is 2. The second-order valence-corrected chi connectivity index (χ2v) is 3.78. The first-order chi connectivity index (χ1) is 7.77. The van der Waals surface area contributed by atoms with Gasteiger partial charge < -0.3 is 11.1 Å². The topological polar surface area (TPSA) is 72.9 Å². The van der Waals surface area contributed by atoms with Crippen molar-refractivity contribution in [2.75, 3.05) is 13.1 Å². The lowest BCUT2D eigenvalue weighted by molar-refractivity contribution is -0.124. The first kappa shape index (κ1) is 12.7. The van der Waals surface area contributed by atoms with Crippen molar-refractivity contribution >= 4 is 5.91 Å². The van der Waals surface area contributed by atoms with Crippen molar-refractivity contribution in [3.63, 3.8) is 0 Å². The van der Waals surface area contributed by atoms with Gasteiger partial charge in [-0.2, -0.15) is 5.10 Å². The maximum absolute atomic E-state index is 11.7. The molecule has 0 saturated heterocycles. The Bertz CT molecular complexity index is 297. The number of aromatic nitrogens is 2. The van der Waals surface area contributed by atoms with Crippen molar-refractivity contribution in [1.29, 1.82) is 0 Å². The van der Waals surface area contributed by atoms with Gasteiger partial charge in [0.2, 0.25) is 5.91 Å². The Labute approximate surface area is 96.0 Å². The molecule has 0 saturated carbocycles. The van der Waals surface area contributed by atoms with E-state index < -0.39 is 0 Å². The second-order valence-electron chi connectivity index (χ2n) is 3.78. The summed E-state index contributed by atoms with van der Waals surface area (Å²) >= 11 is 0. The molecular weight excluding hydrogens is 204 g/mol. The Kier molecular flexibility index (Phi) is 5.56. The molecule has 3 N–H and O–H groups in total. The average Bonchev–Trinajstić information content (AvgIpc) is 2.78. The molecule has 0 bridgehead atoms. The highest BCUT2D eigenvalue weighted by molar-refractivity contribution is 5.78. The molecule has 1 rings (SSSR count). The Morgan fingerprint density at radius 1 is 1.62 bits per heavy atom. The summed E-state index contributed by atoms with van der Waals surface area (Å²) in [5.74, 6) is -0.000808. The number of hydrogen-bond acceptors (Lipinski definition) is 3. The number of carbonyl (C=O) groups is 1. The first-order valence-electron chi connectivity index (χ1n) is 5.73. The molecule has 5 nitrogen and oxygen atoms in total. The van der Waals surface area contributed by atoms with Gasteiger partial charge in [-0.3, -0.25) is 9.48 Å². The molecule has 0 aliphatic heterocycles. The summed E-state index contributed by atoms with van der Waals surface area (Å²) in [6.07, 6.45) is 5.43. The monoisotopic (exact) mass is 224 g/mol. The molecular formula is C11H20N4O. The molecule has 0 spiro atoms. The van der Waals surface area contributed by atoms with E-state index in [9.17, 15) is 4.79 Å². The Balaban J connectivity index is 2.23. The molecule has 0 aliphatic rings. The van der Waals surface area contributed by atoms with Crippen molar-refractivity contribution in [2.45, 2.75) is 26.3 Å². The molecule has 1 atom stereocenters. The SMILES string of the molecule is CCCC(CN)C(=O)NCCn1cccn1. The minimum absolute atomic E-state index is 0.0523. The molecule has 1 heterocycles. The van der Waals surface area contributed by atoms with E-state index in [0.29, 0.717) is 19.6 Å². The Morgan fingerprint density at radius 2 is 2.44 bits per heavy atom. The molecule has 0 fully saturated rings. The fourth-order valence-corrected chi connectivity index (χ4v) is 1.58. The van der Waals surface area contributed by atoms with E-state index in [4.69, 9.17) is 5.73 Å². The predicted octanol–water partition coefficient (Wildman–Crippen LogP) is 0.374. The molecule has 1 unspecified atom stereocenters. The van der Waals surface area contributed by atoms with E-state index in [0.717, 1.165) is 12.8 Å². The molecule has 1 aromatic heterocycles. The summed E-state index contributed by atoms with van der Waals surface area (Å²) in [6, 6.07) is 1.86. The normalized spacial score (nSPS) is 12.4. The standard InChI is InChI=1S/C11H20N4O/c1-2-4-10(9-12)11(16)13-6-8-15-7-3-5-14-15/h3,5,7,10H,2,4,6,8-9,12H2,1H3,(H,13,16). The zero-order valence-corrected chi connectivity index (χ0v) is 9.72. The first-order valence-corrected chi connectivity index (χ1v) is 5.73. The lowest BCUT2D eigenvalue weighted by Gasteiger charge is -2.13. The van der Waals surface area contributed by atoms with E-state index >= 15 is 0 Å². The van der Waals surface area contributed by atoms with Crippen molar-refractivity contribution in [3.8, 4) is 0 Å². The van der Waals surface area contributed by atoms with Gasteiger partial charge in [-0.05, 0) is 12.5 Å². The lowest BCUT2D eigenvalue weighted by Crippen LogP contribution is -2.36. The summed E-state index contributed by atoms with van der Waals surface area (Å²) in [4.78, 5) is 11.7. The van der Waals surface area contributed by atoms with Crippen LogP contribution in [0, 0.1) is 5.92 Å². The molecule has 5 heteroatoms. The van der Waals surface area contributed by atoms with Crippen molar-refractivity contribution in [3.05, 3.63) is 18.5 Å². The zero-order valence-electron chi connectivity index (χ0n) is 9.72. The molecule has 0 aliphatic carbocycles. The van der Waals surface area contributed by atoms with Crippen LogP contribution in [0.5, 0.6) is 0 Å². The van der Waals surface area contributed by atoms with Gasteiger partial charge in [0.15, 0.2) is 0 Å². The lowest BCUT2D eigenvalue weighted by atomic mass is 10.0. The van der Waals surface area contributed by atoms with E-state index in [1.807, 2.05) is 12.3 Å².